The van der Waals surface area contributed by atoms with E-state index in [1.165, 1.54) is 48.6 Å². The highest BCUT2D eigenvalue weighted by atomic mass is 32.2. The first-order valence-corrected chi connectivity index (χ1v) is 9.54. The third-order valence-electron chi connectivity index (χ3n) is 4.01. The van der Waals surface area contributed by atoms with E-state index in [9.17, 15) is 8.42 Å². The molecule has 0 saturated heterocycles. The van der Waals surface area contributed by atoms with E-state index in [1.54, 1.807) is 0 Å². The molecule has 4 heteroatoms. The lowest BCUT2D eigenvalue weighted by molar-refractivity contribution is 0.560. The molecule has 1 unspecified atom stereocenters. The first kappa shape index (κ1) is 15.5. The molecule has 0 fully saturated rings. The Balaban J connectivity index is 1.87. The predicted octanol–water partition coefficient (Wildman–Crippen LogP) is 2.65. The van der Waals surface area contributed by atoms with E-state index in [2.05, 4.69) is 30.4 Å². The van der Waals surface area contributed by atoms with E-state index < -0.39 is 9.84 Å². The van der Waals surface area contributed by atoms with Crippen molar-refractivity contribution in [3.05, 3.63) is 34.9 Å². The third-order valence-corrected chi connectivity index (χ3v) is 5.05. The average Bonchev–Trinajstić information content (AvgIpc) is 2.42. The van der Waals surface area contributed by atoms with E-state index in [-0.39, 0.29) is 11.8 Å². The second-order valence-corrected chi connectivity index (χ2v) is 8.15. The van der Waals surface area contributed by atoms with Crippen molar-refractivity contribution in [2.24, 2.45) is 0 Å². The van der Waals surface area contributed by atoms with Crippen LogP contribution < -0.4 is 5.32 Å². The van der Waals surface area contributed by atoms with Gasteiger partial charge in [0.2, 0.25) is 0 Å². The van der Waals surface area contributed by atoms with Crippen molar-refractivity contribution in [2.75, 3.05) is 18.6 Å². The summed E-state index contributed by atoms with van der Waals surface area (Å²) in [5.74, 6) is 0.261. The molecule has 1 aliphatic rings. The van der Waals surface area contributed by atoms with E-state index in [0.717, 1.165) is 6.54 Å². The van der Waals surface area contributed by atoms with Gasteiger partial charge in [-0.05, 0) is 62.3 Å². The molecule has 0 bridgehead atoms. The van der Waals surface area contributed by atoms with Crippen LogP contribution >= 0.6 is 0 Å². The zero-order valence-corrected chi connectivity index (χ0v) is 13.3. The Morgan fingerprint density at radius 3 is 2.60 bits per heavy atom. The van der Waals surface area contributed by atoms with Crippen LogP contribution in [0, 0.1) is 0 Å². The van der Waals surface area contributed by atoms with Crippen molar-refractivity contribution < 1.29 is 8.42 Å². The quantitative estimate of drug-likeness (QED) is 0.821. The van der Waals surface area contributed by atoms with Crippen LogP contribution in [0.15, 0.2) is 18.2 Å². The van der Waals surface area contributed by atoms with Gasteiger partial charge in [-0.2, -0.15) is 0 Å². The fourth-order valence-electron chi connectivity index (χ4n) is 2.79. The van der Waals surface area contributed by atoms with E-state index >= 15 is 0 Å². The van der Waals surface area contributed by atoms with Crippen molar-refractivity contribution >= 4 is 9.84 Å². The second kappa shape index (κ2) is 6.72. The van der Waals surface area contributed by atoms with Gasteiger partial charge in [-0.25, -0.2) is 8.42 Å². The van der Waals surface area contributed by atoms with Gasteiger partial charge in [0.15, 0.2) is 0 Å². The zero-order chi connectivity index (χ0) is 14.6. The molecule has 1 atom stereocenters. The van der Waals surface area contributed by atoms with Gasteiger partial charge in [0, 0.05) is 12.3 Å². The lowest BCUT2D eigenvalue weighted by Gasteiger charge is -2.20. The lowest BCUT2D eigenvalue weighted by Crippen LogP contribution is -2.22. The summed E-state index contributed by atoms with van der Waals surface area (Å²) in [7, 11) is -2.84. The minimum Gasteiger partial charge on any atom is -0.310 e. The highest BCUT2D eigenvalue weighted by Gasteiger charge is 2.12. The highest BCUT2D eigenvalue weighted by Crippen LogP contribution is 2.24. The summed E-state index contributed by atoms with van der Waals surface area (Å²) in [5.41, 5.74) is 4.31. The number of fused-ring (bicyclic) bond motifs is 1. The molecule has 0 amide bonds. The summed E-state index contributed by atoms with van der Waals surface area (Å²) in [6.07, 6.45) is 6.99. The minimum absolute atomic E-state index is 0.261. The van der Waals surface area contributed by atoms with Crippen LogP contribution in [0.3, 0.4) is 0 Å². The molecular formula is C16H25NO2S. The topological polar surface area (TPSA) is 46.2 Å². The minimum atomic E-state index is -2.84. The van der Waals surface area contributed by atoms with Crippen LogP contribution in [0.2, 0.25) is 0 Å². The van der Waals surface area contributed by atoms with Crippen molar-refractivity contribution in [1.82, 2.24) is 5.32 Å². The summed E-state index contributed by atoms with van der Waals surface area (Å²) >= 11 is 0. The van der Waals surface area contributed by atoms with Crippen molar-refractivity contribution in [1.29, 1.82) is 0 Å². The first-order chi connectivity index (χ1) is 9.46. The van der Waals surface area contributed by atoms with Crippen LogP contribution in [0.1, 0.15) is 48.9 Å². The lowest BCUT2D eigenvalue weighted by atomic mass is 9.89. The SMILES string of the molecule is CC(NCCCS(C)(=O)=O)c1ccc2c(c1)CCCC2. The Kier molecular flexibility index (Phi) is 5.22. The molecule has 1 aromatic carbocycles. The number of nitrogens with one attached hydrogen (secondary N) is 1. The summed E-state index contributed by atoms with van der Waals surface area (Å²) in [6, 6.07) is 7.07. The number of sulfone groups is 1. The standard InChI is InChI=1S/C16H25NO2S/c1-13(17-10-5-11-20(2,18)19)15-9-8-14-6-3-4-7-16(14)12-15/h8-9,12-13,17H,3-7,10-11H2,1-2H3. The van der Waals surface area contributed by atoms with Gasteiger partial charge in [-0.3, -0.25) is 0 Å². The fraction of sp³-hybridized carbons (Fsp3) is 0.625. The van der Waals surface area contributed by atoms with E-state index in [4.69, 9.17) is 0 Å². The number of benzene rings is 1. The van der Waals surface area contributed by atoms with Crippen LogP contribution in [-0.2, 0) is 22.7 Å². The Hall–Kier alpha value is -0.870. The molecule has 0 spiro atoms. The van der Waals surface area contributed by atoms with Crippen LogP contribution in [0.5, 0.6) is 0 Å². The third kappa shape index (κ3) is 4.60. The molecule has 1 aliphatic carbocycles. The maximum absolute atomic E-state index is 11.1. The molecule has 1 aromatic rings. The molecule has 0 saturated carbocycles. The smallest absolute Gasteiger partial charge is 0.147 e. The Morgan fingerprint density at radius 1 is 1.20 bits per heavy atom. The van der Waals surface area contributed by atoms with E-state index in [1.807, 2.05) is 0 Å². The van der Waals surface area contributed by atoms with Gasteiger partial charge in [0.05, 0.1) is 5.75 Å². The van der Waals surface area contributed by atoms with Gasteiger partial charge >= 0.3 is 0 Å². The second-order valence-electron chi connectivity index (χ2n) is 5.89. The summed E-state index contributed by atoms with van der Waals surface area (Å²) < 4.78 is 22.2. The molecule has 112 valence electrons. The largest absolute Gasteiger partial charge is 0.310 e. The maximum atomic E-state index is 11.1. The van der Waals surface area contributed by atoms with Gasteiger partial charge < -0.3 is 5.32 Å². The Bertz CT molecular complexity index is 552. The van der Waals surface area contributed by atoms with Crippen molar-refractivity contribution in [3.63, 3.8) is 0 Å². The van der Waals surface area contributed by atoms with Crippen LogP contribution in [0.25, 0.3) is 0 Å². The van der Waals surface area contributed by atoms with Gasteiger partial charge in [-0.1, -0.05) is 18.2 Å². The van der Waals surface area contributed by atoms with Crippen molar-refractivity contribution in [3.8, 4) is 0 Å². The summed E-state index contributed by atoms with van der Waals surface area (Å²) in [5, 5.41) is 3.41. The molecule has 20 heavy (non-hydrogen) atoms. The van der Waals surface area contributed by atoms with Gasteiger partial charge in [0.1, 0.15) is 9.84 Å². The monoisotopic (exact) mass is 295 g/mol. The molecule has 0 aliphatic heterocycles. The molecule has 0 radical (unpaired) electrons. The first-order valence-electron chi connectivity index (χ1n) is 7.48. The number of hydrogen-bond donors (Lipinski definition) is 1. The molecule has 3 nitrogen and oxygen atoms in total. The Morgan fingerprint density at radius 2 is 1.90 bits per heavy atom. The highest BCUT2D eigenvalue weighted by molar-refractivity contribution is 7.90. The molecular weight excluding hydrogens is 270 g/mol. The summed E-state index contributed by atoms with van der Waals surface area (Å²) in [6.45, 7) is 2.89. The predicted molar refractivity (Wildman–Crippen MR) is 83.8 cm³/mol. The van der Waals surface area contributed by atoms with E-state index in [0.29, 0.717) is 6.42 Å². The van der Waals surface area contributed by atoms with Gasteiger partial charge in [-0.15, -0.1) is 0 Å². The molecule has 0 heterocycles. The molecule has 2 rings (SSSR count). The van der Waals surface area contributed by atoms with Gasteiger partial charge in [0.25, 0.3) is 0 Å². The number of rotatable bonds is 6. The number of hydrogen-bond acceptors (Lipinski definition) is 3. The fourth-order valence-corrected chi connectivity index (χ4v) is 3.46. The Labute approximate surface area is 122 Å². The van der Waals surface area contributed by atoms with Crippen LogP contribution in [0.4, 0.5) is 0 Å². The zero-order valence-electron chi connectivity index (χ0n) is 12.5. The molecule has 0 aromatic heterocycles. The normalized spacial score (nSPS) is 16.7. The summed E-state index contributed by atoms with van der Waals surface area (Å²) in [4.78, 5) is 0. The van der Waals surface area contributed by atoms with Crippen LogP contribution in [-0.4, -0.2) is 27.0 Å². The van der Waals surface area contributed by atoms with Crippen molar-refractivity contribution in [2.45, 2.75) is 45.1 Å². The number of aryl methyl sites for hydroxylation is 2. The molecule has 1 N–H and O–H groups in total. The maximum Gasteiger partial charge on any atom is 0.147 e. The average molecular weight is 295 g/mol.